The van der Waals surface area contributed by atoms with Crippen molar-refractivity contribution in [2.45, 2.75) is 58.4 Å². The van der Waals surface area contributed by atoms with Gasteiger partial charge < -0.3 is 0 Å². The molecule has 2 atom stereocenters. The molecule has 0 aromatic carbocycles. The van der Waals surface area contributed by atoms with Crippen LogP contribution < -0.4 is 11.3 Å². The Morgan fingerprint density at radius 3 is 2.94 bits per heavy atom. The van der Waals surface area contributed by atoms with Crippen LogP contribution in [0.25, 0.3) is 0 Å². The third kappa shape index (κ3) is 3.09. The molecule has 0 spiro atoms. The third-order valence-electron chi connectivity index (χ3n) is 3.77. The van der Waals surface area contributed by atoms with Gasteiger partial charge in [0.15, 0.2) is 0 Å². The lowest BCUT2D eigenvalue weighted by atomic mass is 9.76. The van der Waals surface area contributed by atoms with E-state index in [1.807, 2.05) is 12.3 Å². The molecule has 3 nitrogen and oxygen atoms in total. The van der Waals surface area contributed by atoms with Crippen LogP contribution in [-0.2, 0) is 6.42 Å². The minimum absolute atomic E-state index is 0.281. The third-order valence-corrected chi connectivity index (χ3v) is 3.77. The lowest BCUT2D eigenvalue weighted by molar-refractivity contribution is 0.267. The first-order valence-electron chi connectivity index (χ1n) is 6.91. The highest BCUT2D eigenvalue weighted by Gasteiger charge is 2.31. The average molecular weight is 247 g/mol. The Morgan fingerprint density at radius 2 is 2.28 bits per heavy atom. The van der Waals surface area contributed by atoms with Gasteiger partial charge in [0.1, 0.15) is 0 Å². The number of nitrogens with two attached hydrogens (primary N) is 1. The van der Waals surface area contributed by atoms with E-state index in [1.54, 1.807) is 0 Å². The molecule has 0 saturated heterocycles. The summed E-state index contributed by atoms with van der Waals surface area (Å²) in [5.41, 5.74) is 5.98. The van der Waals surface area contributed by atoms with E-state index in [-0.39, 0.29) is 5.41 Å². The first-order chi connectivity index (χ1) is 8.51. The monoisotopic (exact) mass is 247 g/mol. The fourth-order valence-corrected chi connectivity index (χ4v) is 3.01. The second-order valence-electron chi connectivity index (χ2n) is 6.58. The zero-order chi connectivity index (χ0) is 13.2. The fourth-order valence-electron chi connectivity index (χ4n) is 3.01. The number of pyridine rings is 1. The van der Waals surface area contributed by atoms with Crippen LogP contribution >= 0.6 is 0 Å². The van der Waals surface area contributed by atoms with Crippen molar-refractivity contribution in [1.29, 1.82) is 0 Å². The molecule has 0 bridgehead atoms. The van der Waals surface area contributed by atoms with E-state index in [1.165, 1.54) is 24.1 Å². The van der Waals surface area contributed by atoms with Crippen molar-refractivity contribution in [3.05, 3.63) is 29.6 Å². The quantitative estimate of drug-likeness (QED) is 0.638. The minimum atomic E-state index is 0.281. The molecule has 1 heterocycles. The molecule has 0 radical (unpaired) electrons. The summed E-state index contributed by atoms with van der Waals surface area (Å²) in [7, 11) is 0. The maximum absolute atomic E-state index is 5.79. The second-order valence-corrected chi connectivity index (χ2v) is 6.58. The number of aromatic nitrogens is 1. The van der Waals surface area contributed by atoms with Gasteiger partial charge in [0.25, 0.3) is 0 Å². The van der Waals surface area contributed by atoms with Gasteiger partial charge >= 0.3 is 0 Å². The van der Waals surface area contributed by atoms with Crippen molar-refractivity contribution in [2.24, 2.45) is 11.3 Å². The normalized spacial score (nSPS) is 21.4. The predicted molar refractivity (Wildman–Crippen MR) is 75.1 cm³/mol. The molecular formula is C15H25N3. The Bertz CT molecular complexity index is 395. The minimum Gasteiger partial charge on any atom is -0.271 e. The van der Waals surface area contributed by atoms with E-state index in [2.05, 4.69) is 37.2 Å². The molecule has 0 saturated carbocycles. The van der Waals surface area contributed by atoms with Crippen molar-refractivity contribution in [1.82, 2.24) is 10.4 Å². The SMILES string of the molecule is CC(C)(C)CC(NN)C1CCCc2cccnc21. The van der Waals surface area contributed by atoms with Crippen LogP contribution in [0.5, 0.6) is 0 Å². The topological polar surface area (TPSA) is 50.9 Å². The number of nitrogens with zero attached hydrogens (tertiary/aromatic N) is 1. The molecule has 2 unspecified atom stereocenters. The van der Waals surface area contributed by atoms with Gasteiger partial charge in [-0.15, -0.1) is 0 Å². The highest BCUT2D eigenvalue weighted by atomic mass is 15.2. The number of aryl methyl sites for hydroxylation is 1. The van der Waals surface area contributed by atoms with E-state index >= 15 is 0 Å². The van der Waals surface area contributed by atoms with Gasteiger partial charge in [-0.05, 0) is 42.7 Å². The number of fused-ring (bicyclic) bond motifs is 1. The van der Waals surface area contributed by atoms with Gasteiger partial charge in [-0.1, -0.05) is 26.8 Å². The second kappa shape index (κ2) is 5.37. The molecular weight excluding hydrogens is 222 g/mol. The lowest BCUT2D eigenvalue weighted by Crippen LogP contribution is -2.43. The molecule has 3 N–H and O–H groups in total. The first-order valence-corrected chi connectivity index (χ1v) is 6.91. The molecule has 18 heavy (non-hydrogen) atoms. The Morgan fingerprint density at radius 1 is 1.50 bits per heavy atom. The smallest absolute Gasteiger partial charge is 0.0482 e. The van der Waals surface area contributed by atoms with E-state index in [4.69, 9.17) is 5.84 Å². The summed E-state index contributed by atoms with van der Waals surface area (Å²) in [5.74, 6) is 6.25. The van der Waals surface area contributed by atoms with Gasteiger partial charge in [-0.25, -0.2) is 0 Å². The number of hydrazine groups is 1. The number of hydrogen-bond donors (Lipinski definition) is 2. The Kier molecular flexibility index (Phi) is 4.03. The zero-order valence-corrected chi connectivity index (χ0v) is 11.7. The molecule has 0 amide bonds. The van der Waals surface area contributed by atoms with Gasteiger partial charge in [0.05, 0.1) is 0 Å². The van der Waals surface area contributed by atoms with E-state index < -0.39 is 0 Å². The van der Waals surface area contributed by atoms with Crippen LogP contribution in [-0.4, -0.2) is 11.0 Å². The van der Waals surface area contributed by atoms with Crippen molar-refractivity contribution >= 4 is 0 Å². The molecule has 3 heteroatoms. The highest BCUT2D eigenvalue weighted by molar-refractivity contribution is 5.27. The maximum atomic E-state index is 5.79. The van der Waals surface area contributed by atoms with E-state index in [9.17, 15) is 0 Å². The largest absolute Gasteiger partial charge is 0.271 e. The first kappa shape index (κ1) is 13.5. The summed E-state index contributed by atoms with van der Waals surface area (Å²) < 4.78 is 0. The lowest BCUT2D eigenvalue weighted by Gasteiger charge is -2.34. The molecule has 100 valence electrons. The number of hydrogen-bond acceptors (Lipinski definition) is 3. The van der Waals surface area contributed by atoms with Crippen LogP contribution in [0.4, 0.5) is 0 Å². The van der Waals surface area contributed by atoms with Crippen LogP contribution in [0.3, 0.4) is 0 Å². The Balaban J connectivity index is 2.22. The standard InChI is InChI=1S/C15H25N3/c1-15(2,3)10-13(18-16)12-8-4-6-11-7-5-9-17-14(11)12/h5,7,9,12-13,18H,4,6,8,10,16H2,1-3H3. The highest BCUT2D eigenvalue weighted by Crippen LogP contribution is 2.36. The molecule has 1 aliphatic carbocycles. The van der Waals surface area contributed by atoms with Gasteiger partial charge in [0.2, 0.25) is 0 Å². The molecule has 1 aromatic heterocycles. The number of rotatable bonds is 3. The molecule has 1 aromatic rings. The zero-order valence-electron chi connectivity index (χ0n) is 11.7. The molecule has 0 fully saturated rings. The fraction of sp³-hybridized carbons (Fsp3) is 0.667. The average Bonchev–Trinajstić information content (AvgIpc) is 2.34. The maximum Gasteiger partial charge on any atom is 0.0482 e. The van der Waals surface area contributed by atoms with E-state index in [0.717, 1.165) is 12.8 Å². The van der Waals surface area contributed by atoms with Crippen LogP contribution in [0.2, 0.25) is 0 Å². The molecule has 1 aliphatic rings. The van der Waals surface area contributed by atoms with Gasteiger partial charge in [-0.3, -0.25) is 16.3 Å². The summed E-state index contributed by atoms with van der Waals surface area (Å²) >= 11 is 0. The van der Waals surface area contributed by atoms with Crippen molar-refractivity contribution in [2.75, 3.05) is 0 Å². The van der Waals surface area contributed by atoms with Crippen molar-refractivity contribution in [3.63, 3.8) is 0 Å². The molecule has 0 aliphatic heterocycles. The van der Waals surface area contributed by atoms with Gasteiger partial charge in [0, 0.05) is 23.9 Å². The predicted octanol–water partition coefficient (Wildman–Crippen LogP) is 2.77. The summed E-state index contributed by atoms with van der Waals surface area (Å²) in [6.45, 7) is 6.79. The van der Waals surface area contributed by atoms with E-state index in [0.29, 0.717) is 12.0 Å². The van der Waals surface area contributed by atoms with Crippen LogP contribution in [0.15, 0.2) is 18.3 Å². The summed E-state index contributed by atoms with van der Waals surface area (Å²) in [6.07, 6.45) is 6.57. The van der Waals surface area contributed by atoms with Gasteiger partial charge in [-0.2, -0.15) is 0 Å². The van der Waals surface area contributed by atoms with Crippen molar-refractivity contribution in [3.8, 4) is 0 Å². The Hall–Kier alpha value is -0.930. The Labute approximate surface area is 110 Å². The van der Waals surface area contributed by atoms with Crippen LogP contribution in [0.1, 0.15) is 57.2 Å². The van der Waals surface area contributed by atoms with Crippen LogP contribution in [0, 0.1) is 5.41 Å². The summed E-state index contributed by atoms with van der Waals surface area (Å²) in [5, 5.41) is 0. The summed E-state index contributed by atoms with van der Waals surface area (Å²) in [6, 6.07) is 4.56. The van der Waals surface area contributed by atoms with Crippen molar-refractivity contribution < 1.29 is 0 Å². The number of nitrogens with one attached hydrogen (secondary N) is 1. The molecule has 2 rings (SSSR count). The summed E-state index contributed by atoms with van der Waals surface area (Å²) in [4.78, 5) is 4.60.